The van der Waals surface area contributed by atoms with Gasteiger partial charge in [-0.1, -0.05) is 173 Å². The zero-order valence-corrected chi connectivity index (χ0v) is 42.5. The summed E-state index contributed by atoms with van der Waals surface area (Å²) in [4.78, 5) is 0. The van der Waals surface area contributed by atoms with Crippen molar-refractivity contribution in [1.29, 1.82) is 0 Å². The van der Waals surface area contributed by atoms with E-state index in [1.54, 1.807) is 23.3 Å². The fourth-order valence-electron chi connectivity index (χ4n) is 11.0. The van der Waals surface area contributed by atoms with E-state index in [1.165, 1.54) is 166 Å². The molecule has 320 valence electrons. The van der Waals surface area contributed by atoms with Crippen molar-refractivity contribution in [3.63, 3.8) is 0 Å². The molecule has 0 aromatic heterocycles. The summed E-state index contributed by atoms with van der Waals surface area (Å²) in [6, 6.07) is 54.3. The average Bonchev–Trinajstić information content (AvgIpc) is 3.90. The summed E-state index contributed by atoms with van der Waals surface area (Å²) < 4.78 is 0. The third-order valence-electron chi connectivity index (χ3n) is 14.3. The van der Waals surface area contributed by atoms with Crippen LogP contribution in [0.4, 0.5) is 0 Å². The third kappa shape index (κ3) is 11.0. The molecule has 0 N–H and O–H groups in total. The molecular formula is C58H64Cl2SiZr-2. The van der Waals surface area contributed by atoms with E-state index in [0.29, 0.717) is 10.8 Å². The molecule has 8 aromatic carbocycles. The smallest absolute Gasteiger partial charge is 1.00 e. The van der Waals surface area contributed by atoms with Crippen LogP contribution in [0.25, 0.3) is 65.3 Å². The molecule has 2 saturated carbocycles. The van der Waals surface area contributed by atoms with E-state index < -0.39 is 0 Å². The second kappa shape index (κ2) is 22.1. The average molecular weight is 951 g/mol. The van der Waals surface area contributed by atoms with E-state index >= 15 is 0 Å². The topological polar surface area (TPSA) is 0 Å². The van der Waals surface area contributed by atoms with Crippen molar-refractivity contribution in [3.8, 4) is 22.3 Å². The zero-order valence-electron chi connectivity index (χ0n) is 37.5. The van der Waals surface area contributed by atoms with Gasteiger partial charge in [0, 0.05) is 0 Å². The summed E-state index contributed by atoms with van der Waals surface area (Å²) in [6.45, 7) is 9.41. The number of fused-ring (bicyclic) bond motifs is 4. The fourth-order valence-corrected chi connectivity index (χ4v) is 11.0. The van der Waals surface area contributed by atoms with Gasteiger partial charge in [-0.15, -0.1) is 69.1 Å². The molecule has 0 amide bonds. The van der Waals surface area contributed by atoms with E-state index in [1.807, 2.05) is 0 Å². The molecule has 2 aliphatic carbocycles. The Kier molecular flexibility index (Phi) is 17.2. The van der Waals surface area contributed by atoms with E-state index in [2.05, 4.69) is 173 Å². The monoisotopic (exact) mass is 948 g/mol. The first-order valence-corrected chi connectivity index (χ1v) is 29.3. The maximum atomic E-state index is 2.48. The van der Waals surface area contributed by atoms with Gasteiger partial charge in [-0.2, -0.15) is 12.1 Å². The van der Waals surface area contributed by atoms with Crippen molar-refractivity contribution in [1.82, 2.24) is 0 Å². The molecule has 8 aromatic rings. The molecule has 2 fully saturated rings. The van der Waals surface area contributed by atoms with E-state index in [4.69, 9.17) is 0 Å². The molecule has 2 aliphatic rings. The summed E-state index contributed by atoms with van der Waals surface area (Å²) in [7, 11) is 0. The Morgan fingerprint density at radius 3 is 1.15 bits per heavy atom. The molecule has 0 bridgehead atoms. The molecule has 0 atom stereocenters. The minimum absolute atomic E-state index is 0. The first kappa shape index (κ1) is 48.2. The first-order valence-electron chi connectivity index (χ1n) is 23.1. The molecule has 0 heterocycles. The minimum Gasteiger partial charge on any atom is -1.00 e. The Morgan fingerprint density at radius 1 is 0.452 bits per heavy atom. The van der Waals surface area contributed by atoms with Gasteiger partial charge in [0.1, 0.15) is 0 Å². The maximum absolute atomic E-state index is 2.48. The standard InChI is InChI=1S/2C28H29.C2H6Si.2ClH.Zr/c2*1-2-28(16-6-3-7-17-28)20-21-18-23-12-9-15-26(27(23)19-21)25-14-8-11-22-10-4-5-13-24(22)25;1-3-2;;;/h2*4-5,8-15,18-19H,2-3,6-7,16-17,20H2,1H3;1-2H3;2*1H;/q2*-1;;;;+2/p-2. The second-order valence-corrected chi connectivity index (χ2v) is 28.0. The maximum Gasteiger partial charge on any atom is -1.00 e. The summed E-state index contributed by atoms with van der Waals surface area (Å²) in [5.41, 5.74) is 9.78. The number of hydrogen-bond donors (Lipinski definition) is 0. The van der Waals surface area contributed by atoms with Crippen LogP contribution in [-0.2, 0) is 36.2 Å². The summed E-state index contributed by atoms with van der Waals surface area (Å²) in [5.74, 6) is 0. The van der Waals surface area contributed by atoms with Crippen molar-refractivity contribution >= 4 is 48.5 Å². The van der Waals surface area contributed by atoms with E-state index in [0.717, 1.165) is 0 Å². The SMILES string of the molecule is CCC1(Cc2cc3c(-c4cccc5ccccc45)cccc3[cH-]2)CCCCC1.CCC1(Cc2cc3c(-c4cccc5ccccc45)cccc3[cH-]2)CCCCC1.C[Si](C)=[Zr+2].[Cl-].[Cl-]. The molecule has 10 rings (SSSR count). The van der Waals surface area contributed by atoms with Crippen molar-refractivity contribution in [2.75, 3.05) is 0 Å². The minimum atomic E-state index is 0. The van der Waals surface area contributed by atoms with Crippen LogP contribution < -0.4 is 24.8 Å². The van der Waals surface area contributed by atoms with Gasteiger partial charge < -0.3 is 24.8 Å². The van der Waals surface area contributed by atoms with Crippen LogP contribution in [0.15, 0.2) is 146 Å². The van der Waals surface area contributed by atoms with Gasteiger partial charge in [0.15, 0.2) is 0 Å². The molecule has 0 aliphatic heterocycles. The quantitative estimate of drug-likeness (QED) is 0.105. The Bertz CT molecular complexity index is 2510. The Hall–Kier alpha value is -3.26. The summed E-state index contributed by atoms with van der Waals surface area (Å²) in [5, 5.41) is 10.9. The van der Waals surface area contributed by atoms with Crippen LogP contribution in [0, 0.1) is 10.8 Å². The molecule has 0 saturated heterocycles. The second-order valence-electron chi connectivity index (χ2n) is 18.6. The van der Waals surface area contributed by atoms with Crippen molar-refractivity contribution in [2.45, 2.75) is 117 Å². The van der Waals surface area contributed by atoms with Crippen LogP contribution in [0.2, 0.25) is 13.1 Å². The summed E-state index contributed by atoms with van der Waals surface area (Å²) in [6.07, 6.45) is 19.2. The van der Waals surface area contributed by atoms with Gasteiger partial charge in [-0.05, 0) is 82.0 Å². The van der Waals surface area contributed by atoms with E-state index in [-0.39, 0.29) is 30.2 Å². The summed E-state index contributed by atoms with van der Waals surface area (Å²) >= 11 is 1.74. The normalized spacial score (nSPS) is 15.5. The van der Waals surface area contributed by atoms with Crippen LogP contribution in [0.5, 0.6) is 0 Å². The predicted molar refractivity (Wildman–Crippen MR) is 261 cm³/mol. The molecule has 4 heteroatoms. The molecule has 0 spiro atoms. The Morgan fingerprint density at radius 2 is 0.774 bits per heavy atom. The predicted octanol–water partition coefficient (Wildman–Crippen LogP) is 11.4. The van der Waals surface area contributed by atoms with Gasteiger partial charge in [0.05, 0.1) is 0 Å². The van der Waals surface area contributed by atoms with Crippen molar-refractivity contribution in [2.24, 2.45) is 10.8 Å². The van der Waals surface area contributed by atoms with Gasteiger partial charge in [0.2, 0.25) is 0 Å². The van der Waals surface area contributed by atoms with Crippen LogP contribution in [0.1, 0.15) is 102 Å². The Balaban J connectivity index is 0.000000185. The largest absolute Gasteiger partial charge is 1.00 e. The van der Waals surface area contributed by atoms with Crippen LogP contribution in [0.3, 0.4) is 0 Å². The van der Waals surface area contributed by atoms with Gasteiger partial charge in [0.25, 0.3) is 0 Å². The molecule has 62 heavy (non-hydrogen) atoms. The van der Waals surface area contributed by atoms with E-state index in [9.17, 15) is 0 Å². The number of benzene rings is 6. The Labute approximate surface area is 400 Å². The molecule has 0 radical (unpaired) electrons. The van der Waals surface area contributed by atoms with Gasteiger partial charge in [-0.3, -0.25) is 0 Å². The van der Waals surface area contributed by atoms with Crippen molar-refractivity contribution in [3.05, 3.63) is 157 Å². The van der Waals surface area contributed by atoms with Crippen LogP contribution >= 0.6 is 0 Å². The number of rotatable bonds is 8. The number of halogens is 2. The number of hydrogen-bond acceptors (Lipinski definition) is 0. The zero-order chi connectivity index (χ0) is 41.5. The first-order chi connectivity index (χ1) is 29.3. The van der Waals surface area contributed by atoms with Crippen LogP contribution in [-0.4, -0.2) is 5.43 Å². The van der Waals surface area contributed by atoms with Crippen molar-refractivity contribution < 1.29 is 48.1 Å². The van der Waals surface area contributed by atoms with Gasteiger partial charge in [-0.25, -0.2) is 0 Å². The molecule has 0 unspecified atom stereocenters. The molecule has 0 nitrogen and oxygen atoms in total. The van der Waals surface area contributed by atoms with Gasteiger partial charge >= 0.3 is 41.9 Å². The third-order valence-corrected chi connectivity index (χ3v) is 14.3. The fraction of sp³-hybridized carbons (Fsp3) is 0.345. The molecular weight excluding hydrogens is 887 g/mol.